The van der Waals surface area contributed by atoms with Crippen LogP contribution in [0.25, 0.3) is 0 Å². The van der Waals surface area contributed by atoms with Gasteiger partial charge in [-0.25, -0.2) is 4.79 Å². The minimum absolute atomic E-state index is 0.0280. The Morgan fingerprint density at radius 2 is 0.810 bits per heavy atom. The molecule has 0 aliphatic rings. The van der Waals surface area contributed by atoms with E-state index in [0.29, 0.717) is 12.8 Å². The molecule has 0 saturated heterocycles. The highest BCUT2D eigenvalue weighted by molar-refractivity contribution is 5.96. The van der Waals surface area contributed by atoms with E-state index in [9.17, 15) is 73.4 Å². The maximum Gasteiger partial charge on any atom is 0.326 e. The molecule has 0 radical (unpaired) electrons. The summed E-state index contributed by atoms with van der Waals surface area (Å²) in [5.41, 5.74) is 0. The van der Waals surface area contributed by atoms with Gasteiger partial charge in [-0.2, -0.15) is 15.2 Å². The second-order valence-electron chi connectivity index (χ2n) is 13.3. The maximum atomic E-state index is 13.5. The fourth-order valence-corrected chi connectivity index (χ4v) is 5.35. The van der Waals surface area contributed by atoms with Gasteiger partial charge in [0.15, 0.2) is 0 Å². The molecule has 9 N–H and O–H groups in total. The van der Waals surface area contributed by atoms with Crippen LogP contribution in [0.3, 0.4) is 0 Å². The number of rotatable bonds is 33. The summed E-state index contributed by atoms with van der Waals surface area (Å²) in [6, 6.07) is -7.16. The van der Waals surface area contributed by atoms with Crippen LogP contribution in [0.4, 0.5) is 0 Å². The molecule has 0 aromatic heterocycles. The molecule has 0 saturated carbocycles. The normalized spacial score (nSPS) is 12.7. The number of hydrogen-bond acceptors (Lipinski definition) is 15. The minimum atomic E-state index is -1.92. The second-order valence-corrected chi connectivity index (χ2v) is 13.3. The van der Waals surface area contributed by atoms with Crippen molar-refractivity contribution >= 4 is 66.5 Å². The van der Waals surface area contributed by atoms with E-state index in [1.54, 1.807) is 0 Å². The molecule has 328 valence electrons. The average Bonchev–Trinajstić information content (AvgIpc) is 3.21. The van der Waals surface area contributed by atoms with Gasteiger partial charge in [0.2, 0.25) is 42.9 Å². The van der Waals surface area contributed by atoms with Gasteiger partial charge in [-0.05, 0) is 25.7 Å². The first-order valence-electron chi connectivity index (χ1n) is 19.0. The zero-order chi connectivity index (χ0) is 44.0. The van der Waals surface area contributed by atoms with Gasteiger partial charge in [0.1, 0.15) is 24.2 Å². The molecule has 58 heavy (non-hydrogen) atoms. The molecule has 0 aliphatic carbocycles. The summed E-state index contributed by atoms with van der Waals surface area (Å²) in [6.45, 7) is 0.988. The standard InChI is InChI=1S/C35H57N7O16/c1-2-3-4-5-6-7-8-9-10-11-12-13-28(47)36-24(14-17-29(48)40(56)21-44)32(51)37-25(15-18-30(49)41(57)22-45)33(52)39-27(20-43)34(53)38-26(35(54)55)16-19-31(50)42(58)23-46/h21-27,43,56-58H,2-20H2,1H3,(H,36,47)(H,37,51)(H,38,53)(H,39,52)(H,54,55)/t24-,25-,26-,27-/m0/s1. The lowest BCUT2D eigenvalue weighted by molar-refractivity contribution is -0.171. The van der Waals surface area contributed by atoms with E-state index in [4.69, 9.17) is 5.21 Å². The topological polar surface area (TPSA) is 347 Å². The number of nitrogens with one attached hydrogen (secondary N) is 4. The Morgan fingerprint density at radius 3 is 1.19 bits per heavy atom. The van der Waals surface area contributed by atoms with E-state index in [0.717, 1.165) is 32.1 Å². The predicted molar refractivity (Wildman–Crippen MR) is 195 cm³/mol. The molecule has 0 bridgehead atoms. The van der Waals surface area contributed by atoms with Crippen LogP contribution in [-0.4, -0.2) is 138 Å². The third-order valence-corrected chi connectivity index (χ3v) is 8.73. The van der Waals surface area contributed by atoms with Crippen molar-refractivity contribution in [2.24, 2.45) is 0 Å². The lowest BCUT2D eigenvalue weighted by atomic mass is 10.0. The summed E-state index contributed by atoms with van der Waals surface area (Å²) in [4.78, 5) is 133. The molecule has 0 rings (SSSR count). The highest BCUT2D eigenvalue weighted by atomic mass is 16.5. The highest BCUT2D eigenvalue weighted by Gasteiger charge is 2.32. The number of aliphatic carboxylic acids is 1. The number of carbonyl (C=O) groups excluding carboxylic acids is 10. The molecule has 0 unspecified atom stereocenters. The zero-order valence-corrected chi connectivity index (χ0v) is 32.5. The Balaban J connectivity index is 5.89. The number of carbonyl (C=O) groups is 11. The monoisotopic (exact) mass is 831 g/mol. The fourth-order valence-electron chi connectivity index (χ4n) is 5.35. The quantitative estimate of drug-likeness (QED) is 0.0169. The van der Waals surface area contributed by atoms with Crippen LogP contribution in [0.2, 0.25) is 0 Å². The van der Waals surface area contributed by atoms with Crippen molar-refractivity contribution in [1.82, 2.24) is 36.5 Å². The lowest BCUT2D eigenvalue weighted by Gasteiger charge is -2.25. The molecule has 0 aliphatic heterocycles. The third kappa shape index (κ3) is 22.4. The number of aliphatic hydroxyl groups is 1. The summed E-state index contributed by atoms with van der Waals surface area (Å²) in [5.74, 6) is -9.63. The smallest absolute Gasteiger partial charge is 0.326 e. The van der Waals surface area contributed by atoms with Gasteiger partial charge in [0.05, 0.1) is 6.61 Å². The average molecular weight is 832 g/mol. The number of amides is 10. The van der Waals surface area contributed by atoms with Crippen LogP contribution in [0.1, 0.15) is 122 Å². The van der Waals surface area contributed by atoms with Crippen LogP contribution < -0.4 is 21.3 Å². The van der Waals surface area contributed by atoms with Crippen molar-refractivity contribution in [3.05, 3.63) is 0 Å². The number of unbranched alkanes of at least 4 members (excludes halogenated alkanes) is 10. The number of hydroxylamine groups is 6. The van der Waals surface area contributed by atoms with Gasteiger partial charge in [0.25, 0.3) is 17.7 Å². The Kier molecular flexibility index (Phi) is 27.9. The summed E-state index contributed by atoms with van der Waals surface area (Å²) in [7, 11) is 0. The largest absolute Gasteiger partial charge is 0.480 e. The van der Waals surface area contributed by atoms with E-state index in [1.807, 2.05) is 10.6 Å². The van der Waals surface area contributed by atoms with Crippen molar-refractivity contribution in [3.8, 4) is 0 Å². The van der Waals surface area contributed by atoms with Gasteiger partial charge in [-0.3, -0.25) is 63.6 Å². The molecule has 0 aromatic rings. The summed E-state index contributed by atoms with van der Waals surface area (Å²) in [6.07, 6.45) is 6.42. The van der Waals surface area contributed by atoms with Crippen LogP contribution in [0.15, 0.2) is 0 Å². The zero-order valence-electron chi connectivity index (χ0n) is 32.5. The van der Waals surface area contributed by atoms with Gasteiger partial charge in [-0.1, -0.05) is 71.1 Å². The first kappa shape index (κ1) is 52.6. The molecule has 4 atom stereocenters. The predicted octanol–water partition coefficient (Wildman–Crippen LogP) is -0.833. The molecule has 0 spiro atoms. The number of hydrogen-bond donors (Lipinski definition) is 9. The van der Waals surface area contributed by atoms with Crippen molar-refractivity contribution in [2.45, 2.75) is 147 Å². The molecule has 23 heteroatoms. The summed E-state index contributed by atoms with van der Waals surface area (Å²) >= 11 is 0. The van der Waals surface area contributed by atoms with Crippen LogP contribution in [0.5, 0.6) is 0 Å². The highest BCUT2D eigenvalue weighted by Crippen LogP contribution is 2.13. The number of carboxylic acids is 1. The Morgan fingerprint density at radius 1 is 0.483 bits per heavy atom. The SMILES string of the molecule is CCCCCCCCCCCCCC(=O)N[C@@H](CCC(=O)N(O)C=O)C(=O)N[C@@H](CCC(=O)N(O)C=O)C(=O)N[C@@H](CO)C(=O)N[C@@H](CCC(=O)N(O)C=O)C(=O)O. The molecule has 10 amide bonds. The van der Waals surface area contributed by atoms with Gasteiger partial charge < -0.3 is 31.5 Å². The van der Waals surface area contributed by atoms with Crippen LogP contribution in [0, 0.1) is 0 Å². The van der Waals surface area contributed by atoms with E-state index in [-0.39, 0.29) is 40.8 Å². The Labute approximate surface area is 334 Å². The third-order valence-electron chi connectivity index (χ3n) is 8.73. The molecule has 0 heterocycles. The van der Waals surface area contributed by atoms with Crippen LogP contribution in [-0.2, 0) is 52.7 Å². The van der Waals surface area contributed by atoms with E-state index in [2.05, 4.69) is 17.6 Å². The maximum absolute atomic E-state index is 13.5. The van der Waals surface area contributed by atoms with Gasteiger partial charge in [-0.15, -0.1) is 0 Å². The van der Waals surface area contributed by atoms with Gasteiger partial charge in [0, 0.05) is 25.7 Å². The van der Waals surface area contributed by atoms with Crippen molar-refractivity contribution in [1.29, 1.82) is 0 Å². The number of aliphatic hydroxyl groups excluding tert-OH is 1. The number of imide groups is 3. The van der Waals surface area contributed by atoms with Crippen molar-refractivity contribution in [2.75, 3.05) is 6.61 Å². The van der Waals surface area contributed by atoms with E-state index < -0.39 is 117 Å². The Hall–Kier alpha value is -5.39. The number of nitrogens with zero attached hydrogens (tertiary/aromatic N) is 3. The molecular formula is C35H57N7O16. The first-order chi connectivity index (χ1) is 27.6. The minimum Gasteiger partial charge on any atom is -0.480 e. The van der Waals surface area contributed by atoms with Crippen LogP contribution >= 0.6 is 0 Å². The van der Waals surface area contributed by atoms with Crippen molar-refractivity contribution in [3.63, 3.8) is 0 Å². The van der Waals surface area contributed by atoms with Gasteiger partial charge >= 0.3 is 5.97 Å². The molecule has 0 aromatic carbocycles. The first-order valence-corrected chi connectivity index (χ1v) is 19.0. The number of carboxylic acid groups (broad SMARTS) is 1. The molecule has 0 fully saturated rings. The summed E-state index contributed by atoms with van der Waals surface area (Å²) in [5, 5.41) is 55.0. The Bertz CT molecular complexity index is 1380. The van der Waals surface area contributed by atoms with E-state index >= 15 is 0 Å². The second kappa shape index (κ2) is 30.7. The van der Waals surface area contributed by atoms with E-state index in [1.165, 1.54) is 25.7 Å². The molecular weight excluding hydrogens is 774 g/mol. The lowest BCUT2D eigenvalue weighted by Crippen LogP contribution is -2.58. The fraction of sp³-hybridized carbons (Fsp3) is 0.686. The molecule has 23 nitrogen and oxygen atoms in total. The van der Waals surface area contributed by atoms with Crippen molar-refractivity contribution < 1.29 is 78.6 Å². The summed E-state index contributed by atoms with van der Waals surface area (Å²) < 4.78 is 0.